The molecule has 0 aliphatic carbocycles. The summed E-state index contributed by atoms with van der Waals surface area (Å²) in [7, 11) is 1.46. The van der Waals surface area contributed by atoms with Crippen LogP contribution in [0.15, 0.2) is 53.3 Å². The first-order valence-electron chi connectivity index (χ1n) is 7.90. The Morgan fingerprint density at radius 3 is 2.70 bits per heavy atom. The topological polar surface area (TPSA) is 97.5 Å². The average Bonchev–Trinajstić information content (AvgIpc) is 2.65. The molecule has 0 atom stereocenters. The van der Waals surface area contributed by atoms with E-state index in [0.717, 1.165) is 6.07 Å². The highest BCUT2D eigenvalue weighted by atomic mass is 35.5. The van der Waals surface area contributed by atoms with Gasteiger partial charge in [0.25, 0.3) is 5.91 Å². The van der Waals surface area contributed by atoms with E-state index in [9.17, 15) is 14.4 Å². The molecule has 0 unspecified atom stereocenters. The largest absolute Gasteiger partial charge is 0.495 e. The number of methoxy groups -OCH3 is 1. The predicted octanol–water partition coefficient (Wildman–Crippen LogP) is 2.99. The van der Waals surface area contributed by atoms with E-state index in [0.29, 0.717) is 27.4 Å². The molecular weight excluding hydrogens is 372 g/mol. The Morgan fingerprint density at radius 1 is 1.15 bits per heavy atom. The standard InChI is InChI=1S/C19H15ClN2O5/c1-26-16-7-6-11(20)8-15(16)22-18(24)10-27-19(25)13-9-17(23)21-14-5-3-2-4-12(13)14/h2-9H,10H2,1H3,(H,21,23)(H,22,24). The van der Waals surface area contributed by atoms with Crippen LogP contribution in [-0.2, 0) is 9.53 Å². The summed E-state index contributed by atoms with van der Waals surface area (Å²) in [6, 6.07) is 12.7. The summed E-state index contributed by atoms with van der Waals surface area (Å²) >= 11 is 5.91. The highest BCUT2D eigenvalue weighted by Crippen LogP contribution is 2.27. The minimum absolute atomic E-state index is 0.0856. The molecule has 1 heterocycles. The molecule has 27 heavy (non-hydrogen) atoms. The maximum Gasteiger partial charge on any atom is 0.339 e. The number of pyridine rings is 1. The molecule has 0 saturated carbocycles. The number of H-pyrrole nitrogens is 1. The second-order valence-electron chi connectivity index (χ2n) is 5.56. The molecule has 0 aliphatic rings. The summed E-state index contributed by atoms with van der Waals surface area (Å²) < 4.78 is 10.2. The van der Waals surface area contributed by atoms with Gasteiger partial charge in [0, 0.05) is 22.0 Å². The molecule has 3 rings (SSSR count). The van der Waals surface area contributed by atoms with Gasteiger partial charge in [0.15, 0.2) is 6.61 Å². The van der Waals surface area contributed by atoms with Gasteiger partial charge >= 0.3 is 5.97 Å². The number of hydrogen-bond donors (Lipinski definition) is 2. The van der Waals surface area contributed by atoms with E-state index in [1.54, 1.807) is 36.4 Å². The first kappa shape index (κ1) is 18.5. The number of halogens is 1. The molecule has 0 saturated heterocycles. The number of carbonyl (C=O) groups excluding carboxylic acids is 2. The van der Waals surface area contributed by atoms with E-state index >= 15 is 0 Å². The molecule has 2 N–H and O–H groups in total. The van der Waals surface area contributed by atoms with Gasteiger partial charge in [-0.2, -0.15) is 0 Å². The molecule has 8 heteroatoms. The Morgan fingerprint density at radius 2 is 1.93 bits per heavy atom. The van der Waals surface area contributed by atoms with Crippen molar-refractivity contribution in [3.05, 3.63) is 69.5 Å². The van der Waals surface area contributed by atoms with Crippen molar-refractivity contribution < 1.29 is 19.1 Å². The van der Waals surface area contributed by atoms with Crippen molar-refractivity contribution in [2.75, 3.05) is 19.0 Å². The number of nitrogens with one attached hydrogen (secondary N) is 2. The van der Waals surface area contributed by atoms with Gasteiger partial charge in [-0.05, 0) is 24.3 Å². The molecule has 0 radical (unpaired) electrons. The molecule has 138 valence electrons. The monoisotopic (exact) mass is 386 g/mol. The van der Waals surface area contributed by atoms with Crippen molar-refractivity contribution in [1.29, 1.82) is 0 Å². The van der Waals surface area contributed by atoms with Gasteiger partial charge in [-0.1, -0.05) is 29.8 Å². The molecule has 1 amide bonds. The lowest BCUT2D eigenvalue weighted by Gasteiger charge is -2.11. The van der Waals surface area contributed by atoms with Crippen LogP contribution in [0, 0.1) is 0 Å². The molecule has 3 aromatic rings. The zero-order valence-electron chi connectivity index (χ0n) is 14.2. The van der Waals surface area contributed by atoms with E-state index in [1.165, 1.54) is 13.2 Å². The third-order valence-corrected chi connectivity index (χ3v) is 3.98. The highest BCUT2D eigenvalue weighted by Gasteiger charge is 2.15. The fourth-order valence-corrected chi connectivity index (χ4v) is 2.72. The number of carbonyl (C=O) groups is 2. The lowest BCUT2D eigenvalue weighted by Crippen LogP contribution is -2.22. The van der Waals surface area contributed by atoms with Gasteiger partial charge in [0.2, 0.25) is 5.56 Å². The smallest absolute Gasteiger partial charge is 0.339 e. The predicted molar refractivity (Wildman–Crippen MR) is 101 cm³/mol. The molecule has 0 spiro atoms. The average molecular weight is 387 g/mol. The first-order chi connectivity index (χ1) is 13.0. The second kappa shape index (κ2) is 7.92. The van der Waals surface area contributed by atoms with E-state index < -0.39 is 24.0 Å². The van der Waals surface area contributed by atoms with Crippen molar-refractivity contribution in [2.45, 2.75) is 0 Å². The first-order valence-corrected chi connectivity index (χ1v) is 8.28. The van der Waals surface area contributed by atoms with Crippen LogP contribution in [0.2, 0.25) is 5.02 Å². The van der Waals surface area contributed by atoms with Crippen molar-refractivity contribution in [2.24, 2.45) is 0 Å². The van der Waals surface area contributed by atoms with Gasteiger partial charge in [-0.25, -0.2) is 4.79 Å². The molecular formula is C19H15ClN2O5. The summed E-state index contributed by atoms with van der Waals surface area (Å²) in [5, 5.41) is 3.51. The minimum atomic E-state index is -0.773. The summed E-state index contributed by atoms with van der Waals surface area (Å²) in [6.45, 7) is -0.532. The fourth-order valence-electron chi connectivity index (χ4n) is 2.55. The highest BCUT2D eigenvalue weighted by molar-refractivity contribution is 6.31. The van der Waals surface area contributed by atoms with Gasteiger partial charge in [-0.15, -0.1) is 0 Å². The molecule has 0 fully saturated rings. The number of esters is 1. The second-order valence-corrected chi connectivity index (χ2v) is 6.00. The summed E-state index contributed by atoms with van der Waals surface area (Å²) in [5.74, 6) is -0.928. The van der Waals surface area contributed by atoms with Crippen LogP contribution in [0.3, 0.4) is 0 Å². The van der Waals surface area contributed by atoms with Gasteiger partial charge < -0.3 is 19.8 Å². The Kier molecular flexibility index (Phi) is 5.42. The van der Waals surface area contributed by atoms with E-state index in [4.69, 9.17) is 21.1 Å². The van der Waals surface area contributed by atoms with E-state index in [1.807, 2.05) is 0 Å². The van der Waals surface area contributed by atoms with Crippen molar-refractivity contribution in [1.82, 2.24) is 4.98 Å². The number of amides is 1. The third-order valence-electron chi connectivity index (χ3n) is 3.74. The van der Waals surface area contributed by atoms with Crippen LogP contribution >= 0.6 is 11.6 Å². The summed E-state index contributed by atoms with van der Waals surface area (Å²) in [6.07, 6.45) is 0. The Bertz CT molecular complexity index is 1080. The molecule has 0 bridgehead atoms. The van der Waals surface area contributed by atoms with Crippen LogP contribution < -0.4 is 15.6 Å². The van der Waals surface area contributed by atoms with E-state index in [2.05, 4.69) is 10.3 Å². The minimum Gasteiger partial charge on any atom is -0.495 e. The number of benzene rings is 2. The van der Waals surface area contributed by atoms with Gasteiger partial charge in [0.05, 0.1) is 18.4 Å². The number of anilines is 1. The van der Waals surface area contributed by atoms with Crippen LogP contribution in [0.25, 0.3) is 10.9 Å². The van der Waals surface area contributed by atoms with Crippen molar-refractivity contribution in [3.8, 4) is 5.75 Å². The maximum atomic E-state index is 12.3. The number of rotatable bonds is 5. The zero-order chi connectivity index (χ0) is 19.4. The van der Waals surface area contributed by atoms with Crippen LogP contribution in [0.1, 0.15) is 10.4 Å². The van der Waals surface area contributed by atoms with Crippen molar-refractivity contribution in [3.63, 3.8) is 0 Å². The van der Waals surface area contributed by atoms with Gasteiger partial charge in [0.1, 0.15) is 5.75 Å². The normalized spacial score (nSPS) is 10.4. The number of para-hydroxylation sites is 1. The maximum absolute atomic E-state index is 12.3. The molecule has 0 aliphatic heterocycles. The Hall–Kier alpha value is -3.32. The number of hydrogen-bond acceptors (Lipinski definition) is 5. The fraction of sp³-hybridized carbons (Fsp3) is 0.105. The lowest BCUT2D eigenvalue weighted by atomic mass is 10.1. The Balaban J connectivity index is 1.72. The lowest BCUT2D eigenvalue weighted by molar-refractivity contribution is -0.119. The van der Waals surface area contributed by atoms with Crippen LogP contribution in [-0.4, -0.2) is 30.6 Å². The molecule has 1 aromatic heterocycles. The number of fused-ring (bicyclic) bond motifs is 1. The summed E-state index contributed by atoms with van der Waals surface area (Å²) in [4.78, 5) is 38.8. The zero-order valence-corrected chi connectivity index (χ0v) is 15.0. The number of aromatic nitrogens is 1. The van der Waals surface area contributed by atoms with Gasteiger partial charge in [-0.3, -0.25) is 9.59 Å². The SMILES string of the molecule is COc1ccc(Cl)cc1NC(=O)COC(=O)c1cc(=O)[nH]c2ccccc12. The molecule has 2 aromatic carbocycles. The molecule has 7 nitrogen and oxygen atoms in total. The Labute approximate surface area is 158 Å². The third kappa shape index (κ3) is 4.27. The quantitative estimate of drug-likeness (QED) is 0.657. The van der Waals surface area contributed by atoms with Crippen molar-refractivity contribution >= 4 is 40.1 Å². The summed E-state index contributed by atoms with van der Waals surface area (Å²) in [5.41, 5.74) is 0.508. The van der Waals surface area contributed by atoms with Crippen LogP contribution in [0.5, 0.6) is 5.75 Å². The number of aromatic amines is 1. The number of ether oxygens (including phenoxy) is 2. The van der Waals surface area contributed by atoms with Crippen LogP contribution in [0.4, 0.5) is 5.69 Å². The van der Waals surface area contributed by atoms with E-state index in [-0.39, 0.29) is 5.56 Å².